The first-order valence-corrected chi connectivity index (χ1v) is 14.3. The molecule has 4 aromatic rings. The van der Waals surface area contributed by atoms with Gasteiger partial charge in [0.25, 0.3) is 5.91 Å². The van der Waals surface area contributed by atoms with Crippen LogP contribution in [0.15, 0.2) is 90.0 Å². The second-order valence-corrected chi connectivity index (χ2v) is 11.2. The Morgan fingerprint density at radius 3 is 2.18 bits per heavy atom. The summed E-state index contributed by atoms with van der Waals surface area (Å²) < 4.78 is 34.3. The Balaban J connectivity index is 1.47. The van der Waals surface area contributed by atoms with Crippen LogP contribution in [0.4, 0.5) is 5.69 Å². The normalized spacial score (nSPS) is 12.3. The van der Waals surface area contributed by atoms with E-state index >= 15 is 0 Å². The van der Waals surface area contributed by atoms with Gasteiger partial charge in [-0.3, -0.25) is 9.10 Å². The zero-order valence-corrected chi connectivity index (χ0v) is 23.4. The van der Waals surface area contributed by atoms with Gasteiger partial charge in [-0.05, 0) is 82.3 Å². The summed E-state index contributed by atoms with van der Waals surface area (Å²) in [5, 5.41) is 4.13. The predicted octanol–water partition coefficient (Wildman–Crippen LogP) is 5.50. The van der Waals surface area contributed by atoms with E-state index in [9.17, 15) is 13.2 Å². The number of carbonyl (C=O) groups excluding carboxylic acids is 1. The molecule has 0 aliphatic carbocycles. The summed E-state index contributed by atoms with van der Waals surface area (Å²) in [7, 11) is -3.78. The molecule has 0 unspecified atom stereocenters. The number of aromatic nitrogens is 1. The number of sulfonamides is 1. The van der Waals surface area contributed by atoms with Gasteiger partial charge in [-0.2, -0.15) is 5.10 Å². The Labute approximate surface area is 229 Å². The zero-order valence-electron chi connectivity index (χ0n) is 22.6. The lowest BCUT2D eigenvalue weighted by atomic mass is 10.2. The van der Waals surface area contributed by atoms with Crippen molar-refractivity contribution in [2.75, 3.05) is 10.6 Å². The van der Waals surface area contributed by atoms with E-state index in [1.165, 1.54) is 12.5 Å². The van der Waals surface area contributed by atoms with Crippen LogP contribution in [0.5, 0.6) is 11.5 Å². The number of amides is 1. The summed E-state index contributed by atoms with van der Waals surface area (Å²) in [6.07, 6.45) is 2.63. The molecule has 4 rings (SSSR count). The van der Waals surface area contributed by atoms with Gasteiger partial charge >= 0.3 is 0 Å². The van der Waals surface area contributed by atoms with Crippen LogP contribution >= 0.6 is 0 Å². The molecule has 0 aliphatic rings. The van der Waals surface area contributed by atoms with Gasteiger partial charge in [0.05, 0.1) is 18.2 Å². The third kappa shape index (κ3) is 6.56. The Hall–Kier alpha value is -4.37. The standard InChI is InChI=1S/C30H32N4O4S/c1-21-11-13-26(14-12-21)33-22(2)19-25(23(33)3)20-31-32-30(35)24(4)34(39(5,36)37)27-15-17-29(18-16-27)38-28-9-7-6-8-10-28/h6-20,24H,1-5H3,(H,32,35)/b31-20-/t24-/m0/s1. The molecule has 0 aliphatic heterocycles. The lowest BCUT2D eigenvalue weighted by Gasteiger charge is -2.27. The maximum Gasteiger partial charge on any atom is 0.263 e. The monoisotopic (exact) mass is 544 g/mol. The molecule has 1 N–H and O–H groups in total. The van der Waals surface area contributed by atoms with E-state index in [0.29, 0.717) is 17.2 Å². The second-order valence-electron chi connectivity index (χ2n) is 9.38. The molecule has 39 heavy (non-hydrogen) atoms. The molecule has 0 saturated carbocycles. The highest BCUT2D eigenvalue weighted by Crippen LogP contribution is 2.27. The highest BCUT2D eigenvalue weighted by molar-refractivity contribution is 7.92. The smallest absolute Gasteiger partial charge is 0.263 e. The fourth-order valence-electron chi connectivity index (χ4n) is 4.36. The number of nitrogens with zero attached hydrogens (tertiary/aromatic N) is 3. The topological polar surface area (TPSA) is 93.0 Å². The molecule has 3 aromatic carbocycles. The van der Waals surface area contributed by atoms with Gasteiger partial charge in [-0.15, -0.1) is 0 Å². The van der Waals surface area contributed by atoms with Crippen LogP contribution in [0, 0.1) is 20.8 Å². The molecule has 1 atom stereocenters. The van der Waals surface area contributed by atoms with Gasteiger partial charge in [0.15, 0.2) is 0 Å². The van der Waals surface area contributed by atoms with Gasteiger partial charge in [0.2, 0.25) is 10.0 Å². The van der Waals surface area contributed by atoms with Crippen LogP contribution in [0.1, 0.15) is 29.4 Å². The Kier molecular flexibility index (Phi) is 8.21. The highest BCUT2D eigenvalue weighted by atomic mass is 32.2. The van der Waals surface area contributed by atoms with E-state index in [2.05, 4.69) is 39.4 Å². The van der Waals surface area contributed by atoms with Gasteiger partial charge in [-0.25, -0.2) is 13.8 Å². The lowest BCUT2D eigenvalue weighted by Crippen LogP contribution is -2.46. The minimum Gasteiger partial charge on any atom is -0.457 e. The summed E-state index contributed by atoms with van der Waals surface area (Å²) in [6.45, 7) is 7.55. The largest absolute Gasteiger partial charge is 0.457 e. The number of hydrogen-bond donors (Lipinski definition) is 1. The first-order chi connectivity index (χ1) is 18.5. The molecule has 0 saturated heterocycles. The molecule has 1 heterocycles. The summed E-state index contributed by atoms with van der Waals surface area (Å²) in [5.74, 6) is 0.646. The van der Waals surface area contributed by atoms with Gasteiger partial charge < -0.3 is 9.30 Å². The van der Waals surface area contributed by atoms with Crippen LogP contribution < -0.4 is 14.5 Å². The van der Waals surface area contributed by atoms with Crippen molar-refractivity contribution in [2.45, 2.75) is 33.7 Å². The number of aryl methyl sites for hydroxylation is 2. The molecule has 8 nitrogen and oxygen atoms in total. The first kappa shape index (κ1) is 27.7. The average molecular weight is 545 g/mol. The molecule has 9 heteroatoms. The van der Waals surface area contributed by atoms with Crippen molar-refractivity contribution >= 4 is 27.8 Å². The summed E-state index contributed by atoms with van der Waals surface area (Å²) >= 11 is 0. The molecule has 202 valence electrons. The first-order valence-electron chi connectivity index (χ1n) is 12.5. The van der Waals surface area contributed by atoms with E-state index in [1.54, 1.807) is 30.5 Å². The number of para-hydroxylation sites is 1. The van der Waals surface area contributed by atoms with Crippen LogP contribution in [0.25, 0.3) is 5.69 Å². The molecule has 1 aromatic heterocycles. The van der Waals surface area contributed by atoms with Crippen molar-refractivity contribution in [3.63, 3.8) is 0 Å². The predicted molar refractivity (Wildman–Crippen MR) is 155 cm³/mol. The fraction of sp³-hybridized carbons (Fsp3) is 0.200. The Morgan fingerprint density at radius 1 is 0.949 bits per heavy atom. The summed E-state index contributed by atoms with van der Waals surface area (Å²) in [5.41, 5.74) is 7.89. The number of carbonyl (C=O) groups is 1. The third-order valence-corrected chi connectivity index (χ3v) is 7.54. The van der Waals surface area contributed by atoms with E-state index in [4.69, 9.17) is 4.74 Å². The van der Waals surface area contributed by atoms with E-state index in [-0.39, 0.29) is 0 Å². The molecular weight excluding hydrogens is 512 g/mol. The fourth-order valence-corrected chi connectivity index (χ4v) is 5.54. The van der Waals surface area contributed by atoms with E-state index < -0.39 is 22.0 Å². The summed E-state index contributed by atoms with van der Waals surface area (Å²) in [6, 6.07) is 24.9. The lowest BCUT2D eigenvalue weighted by molar-refractivity contribution is -0.121. The van der Waals surface area contributed by atoms with Crippen LogP contribution in [0.3, 0.4) is 0 Å². The third-order valence-electron chi connectivity index (χ3n) is 6.30. The molecular formula is C30H32N4O4S. The Morgan fingerprint density at radius 2 is 1.56 bits per heavy atom. The zero-order chi connectivity index (χ0) is 28.2. The molecule has 0 radical (unpaired) electrons. The number of hydrazone groups is 1. The second kappa shape index (κ2) is 11.6. The van der Waals surface area contributed by atoms with Gasteiger partial charge in [-0.1, -0.05) is 35.9 Å². The minimum absolute atomic E-state index is 0.339. The van der Waals surface area contributed by atoms with Crippen molar-refractivity contribution in [2.24, 2.45) is 5.10 Å². The number of ether oxygens (including phenoxy) is 1. The molecule has 0 fully saturated rings. The maximum atomic E-state index is 13.0. The van der Waals surface area contributed by atoms with Crippen LogP contribution in [-0.4, -0.2) is 37.4 Å². The average Bonchev–Trinajstić information content (AvgIpc) is 3.18. The van der Waals surface area contributed by atoms with Gasteiger partial charge in [0, 0.05) is 22.6 Å². The SMILES string of the molecule is Cc1ccc(-n2c(C)cc(/C=N\NC(=O)[C@H](C)N(c3ccc(Oc4ccccc4)cc3)S(C)(=O)=O)c2C)cc1. The quantitative estimate of drug-likeness (QED) is 0.222. The number of hydrogen-bond acceptors (Lipinski definition) is 5. The maximum absolute atomic E-state index is 13.0. The van der Waals surface area contributed by atoms with E-state index in [0.717, 1.165) is 33.2 Å². The number of benzene rings is 3. The van der Waals surface area contributed by atoms with Crippen molar-refractivity contribution < 1.29 is 17.9 Å². The van der Waals surface area contributed by atoms with Crippen molar-refractivity contribution in [3.8, 4) is 17.2 Å². The van der Waals surface area contributed by atoms with Crippen molar-refractivity contribution in [3.05, 3.63) is 107 Å². The minimum atomic E-state index is -3.78. The van der Waals surface area contributed by atoms with Crippen molar-refractivity contribution in [1.82, 2.24) is 9.99 Å². The summed E-state index contributed by atoms with van der Waals surface area (Å²) in [4.78, 5) is 13.0. The molecule has 1 amide bonds. The van der Waals surface area contributed by atoms with E-state index in [1.807, 2.05) is 57.2 Å². The molecule has 0 bridgehead atoms. The Bertz CT molecular complexity index is 1580. The van der Waals surface area contributed by atoms with Crippen molar-refractivity contribution in [1.29, 1.82) is 0 Å². The molecule has 0 spiro atoms. The number of rotatable bonds is 9. The number of nitrogens with one attached hydrogen (secondary N) is 1. The van der Waals surface area contributed by atoms with Crippen LogP contribution in [0.2, 0.25) is 0 Å². The number of anilines is 1. The van der Waals surface area contributed by atoms with Crippen LogP contribution in [-0.2, 0) is 14.8 Å². The highest BCUT2D eigenvalue weighted by Gasteiger charge is 2.29. The van der Waals surface area contributed by atoms with Gasteiger partial charge in [0.1, 0.15) is 17.5 Å².